The van der Waals surface area contributed by atoms with Gasteiger partial charge in [-0.3, -0.25) is 14.2 Å². The molecule has 7 heteroatoms. The molecular weight excluding hydrogens is 340 g/mol. The predicted molar refractivity (Wildman–Crippen MR) is 106 cm³/mol. The number of nitrogens with zero attached hydrogens (tertiary/aromatic N) is 6. The van der Waals surface area contributed by atoms with E-state index in [0.717, 1.165) is 49.5 Å². The van der Waals surface area contributed by atoms with Crippen molar-refractivity contribution < 1.29 is 4.79 Å². The number of hydrogen-bond acceptors (Lipinski definition) is 4. The van der Waals surface area contributed by atoms with E-state index in [2.05, 4.69) is 46.3 Å². The lowest BCUT2D eigenvalue weighted by molar-refractivity contribution is -0.131. The summed E-state index contributed by atoms with van der Waals surface area (Å²) in [4.78, 5) is 17.0. The number of aryl methyl sites for hydroxylation is 3. The number of piperazine rings is 1. The Labute approximate surface area is 159 Å². The van der Waals surface area contributed by atoms with Crippen molar-refractivity contribution in [2.24, 2.45) is 0 Å². The van der Waals surface area contributed by atoms with Crippen LogP contribution in [0.3, 0.4) is 0 Å². The fourth-order valence-corrected chi connectivity index (χ4v) is 3.84. The van der Waals surface area contributed by atoms with Gasteiger partial charge in [0.2, 0.25) is 5.91 Å². The predicted octanol–water partition coefficient (Wildman–Crippen LogP) is 2.30. The number of fused-ring (bicyclic) bond motifs is 1. The van der Waals surface area contributed by atoms with Gasteiger partial charge in [0.1, 0.15) is 11.0 Å². The van der Waals surface area contributed by atoms with Gasteiger partial charge in [0.25, 0.3) is 0 Å². The smallest absolute Gasteiger partial charge is 0.224 e. The molecule has 1 aliphatic heterocycles. The number of para-hydroxylation sites is 1. The van der Waals surface area contributed by atoms with E-state index in [1.165, 1.54) is 5.69 Å². The molecule has 0 radical (unpaired) electrons. The van der Waals surface area contributed by atoms with Crippen molar-refractivity contribution in [2.75, 3.05) is 31.1 Å². The zero-order valence-electron chi connectivity index (χ0n) is 16.0. The molecule has 1 fully saturated rings. The second-order valence-corrected chi connectivity index (χ2v) is 6.96. The monoisotopic (exact) mass is 366 g/mol. The molecule has 0 atom stereocenters. The Kier molecular flexibility index (Phi) is 4.83. The van der Waals surface area contributed by atoms with Crippen LogP contribution in [0.4, 0.5) is 5.69 Å². The maximum Gasteiger partial charge on any atom is 0.224 e. The van der Waals surface area contributed by atoms with Gasteiger partial charge in [-0.2, -0.15) is 10.2 Å². The Bertz CT molecular complexity index is 921. The first-order valence-electron chi connectivity index (χ1n) is 9.64. The third-order valence-electron chi connectivity index (χ3n) is 5.30. The highest BCUT2D eigenvalue weighted by atomic mass is 16.2. The molecule has 3 heterocycles. The van der Waals surface area contributed by atoms with Crippen LogP contribution in [0.5, 0.6) is 0 Å². The number of anilines is 1. The first-order chi connectivity index (χ1) is 13.2. The summed E-state index contributed by atoms with van der Waals surface area (Å²) >= 11 is 0. The lowest BCUT2D eigenvalue weighted by Gasteiger charge is -2.36. The van der Waals surface area contributed by atoms with Crippen LogP contribution >= 0.6 is 0 Å². The van der Waals surface area contributed by atoms with Gasteiger partial charge in [-0.05, 0) is 26.0 Å². The molecule has 2 aromatic heterocycles. The molecule has 27 heavy (non-hydrogen) atoms. The minimum Gasteiger partial charge on any atom is -0.368 e. The van der Waals surface area contributed by atoms with Crippen molar-refractivity contribution in [1.82, 2.24) is 24.5 Å². The van der Waals surface area contributed by atoms with Crippen LogP contribution in [0, 0.1) is 6.92 Å². The molecule has 0 bridgehead atoms. The van der Waals surface area contributed by atoms with Gasteiger partial charge in [0, 0.05) is 44.8 Å². The van der Waals surface area contributed by atoms with Crippen LogP contribution in [-0.2, 0) is 17.9 Å². The molecule has 7 nitrogen and oxygen atoms in total. The van der Waals surface area contributed by atoms with Crippen molar-refractivity contribution >= 4 is 22.6 Å². The van der Waals surface area contributed by atoms with Crippen LogP contribution < -0.4 is 4.90 Å². The molecular formula is C20H26N6O. The number of hydrogen-bond donors (Lipinski definition) is 0. The minimum absolute atomic E-state index is 0.201. The van der Waals surface area contributed by atoms with Crippen LogP contribution in [0.1, 0.15) is 19.0 Å². The van der Waals surface area contributed by atoms with Crippen LogP contribution in [0.2, 0.25) is 0 Å². The van der Waals surface area contributed by atoms with Crippen molar-refractivity contribution in [3.8, 4) is 0 Å². The Hall–Kier alpha value is -2.83. The van der Waals surface area contributed by atoms with Gasteiger partial charge >= 0.3 is 0 Å². The summed E-state index contributed by atoms with van der Waals surface area (Å²) in [6.07, 6.45) is 2.32. The normalized spacial score (nSPS) is 14.9. The molecule has 142 valence electrons. The van der Waals surface area contributed by atoms with Crippen LogP contribution in [-0.4, -0.2) is 56.5 Å². The Balaban J connectivity index is 1.35. The fourth-order valence-electron chi connectivity index (χ4n) is 3.84. The maximum atomic E-state index is 12.7. The van der Waals surface area contributed by atoms with Crippen molar-refractivity contribution in [1.29, 1.82) is 0 Å². The Morgan fingerprint density at radius 1 is 1.07 bits per heavy atom. The Morgan fingerprint density at radius 3 is 2.52 bits per heavy atom. The topological polar surface area (TPSA) is 59.2 Å². The quantitative estimate of drug-likeness (QED) is 0.695. The molecule has 1 saturated heterocycles. The third-order valence-corrected chi connectivity index (χ3v) is 5.30. The SMILES string of the molecule is CCn1nc(C)c2c1cnn2CCC(=O)N1CCN(c2ccccc2)CC1. The molecule has 0 N–H and O–H groups in total. The highest BCUT2D eigenvalue weighted by Gasteiger charge is 2.21. The van der Waals surface area contributed by atoms with Gasteiger partial charge in [-0.1, -0.05) is 18.2 Å². The minimum atomic E-state index is 0.201. The van der Waals surface area contributed by atoms with Gasteiger partial charge in [-0.15, -0.1) is 0 Å². The molecule has 1 amide bonds. The zero-order chi connectivity index (χ0) is 18.8. The molecule has 0 spiro atoms. The summed E-state index contributed by atoms with van der Waals surface area (Å²) in [5.74, 6) is 0.201. The summed E-state index contributed by atoms with van der Waals surface area (Å²) in [7, 11) is 0. The van der Waals surface area contributed by atoms with Crippen LogP contribution in [0.15, 0.2) is 36.5 Å². The molecule has 0 unspecified atom stereocenters. The number of amides is 1. The first-order valence-corrected chi connectivity index (χ1v) is 9.64. The van der Waals surface area contributed by atoms with E-state index in [1.54, 1.807) is 0 Å². The lowest BCUT2D eigenvalue weighted by atomic mass is 10.2. The average Bonchev–Trinajstić information content (AvgIpc) is 3.28. The van der Waals surface area contributed by atoms with Gasteiger partial charge in [0.05, 0.1) is 18.4 Å². The number of carbonyl (C=O) groups excluding carboxylic acids is 1. The maximum absolute atomic E-state index is 12.7. The lowest BCUT2D eigenvalue weighted by Crippen LogP contribution is -2.48. The molecule has 1 aromatic carbocycles. The van der Waals surface area contributed by atoms with E-state index in [-0.39, 0.29) is 5.91 Å². The molecule has 0 aliphatic carbocycles. The van der Waals surface area contributed by atoms with Gasteiger partial charge in [0.15, 0.2) is 0 Å². The number of rotatable bonds is 5. The molecule has 4 rings (SSSR count). The summed E-state index contributed by atoms with van der Waals surface area (Å²) in [5, 5.41) is 9.01. The standard InChI is InChI=1S/C20H26N6O/c1-3-25-18-15-21-26(20(18)16(2)22-25)10-9-19(27)24-13-11-23(12-14-24)17-7-5-4-6-8-17/h4-8,15H,3,9-14H2,1-2H3. The van der Waals surface area contributed by atoms with E-state index >= 15 is 0 Å². The number of aromatic nitrogens is 4. The highest BCUT2D eigenvalue weighted by molar-refractivity contribution is 5.79. The average molecular weight is 366 g/mol. The van der Waals surface area contributed by atoms with Crippen molar-refractivity contribution in [2.45, 2.75) is 33.4 Å². The third kappa shape index (κ3) is 3.41. The highest BCUT2D eigenvalue weighted by Crippen LogP contribution is 2.19. The van der Waals surface area contributed by atoms with E-state index < -0.39 is 0 Å². The number of benzene rings is 1. The molecule has 0 saturated carbocycles. The van der Waals surface area contributed by atoms with E-state index in [0.29, 0.717) is 13.0 Å². The van der Waals surface area contributed by atoms with E-state index in [1.807, 2.05) is 33.5 Å². The number of carbonyl (C=O) groups is 1. The Morgan fingerprint density at radius 2 is 1.81 bits per heavy atom. The van der Waals surface area contributed by atoms with Crippen molar-refractivity contribution in [3.05, 3.63) is 42.2 Å². The fraction of sp³-hybridized carbons (Fsp3) is 0.450. The van der Waals surface area contributed by atoms with Gasteiger partial charge in [-0.25, -0.2) is 0 Å². The molecule has 3 aromatic rings. The second kappa shape index (κ2) is 7.42. The largest absolute Gasteiger partial charge is 0.368 e. The van der Waals surface area contributed by atoms with Crippen molar-refractivity contribution in [3.63, 3.8) is 0 Å². The zero-order valence-corrected chi connectivity index (χ0v) is 16.0. The van der Waals surface area contributed by atoms with E-state index in [4.69, 9.17) is 0 Å². The summed E-state index contributed by atoms with van der Waals surface area (Å²) in [6, 6.07) is 10.4. The first kappa shape index (κ1) is 17.6. The van der Waals surface area contributed by atoms with Gasteiger partial charge < -0.3 is 9.80 Å². The summed E-state index contributed by atoms with van der Waals surface area (Å²) in [5.41, 5.74) is 4.28. The summed E-state index contributed by atoms with van der Waals surface area (Å²) < 4.78 is 3.88. The summed E-state index contributed by atoms with van der Waals surface area (Å²) in [6.45, 7) is 8.79. The molecule has 1 aliphatic rings. The van der Waals surface area contributed by atoms with E-state index in [9.17, 15) is 4.79 Å². The van der Waals surface area contributed by atoms with Crippen LogP contribution in [0.25, 0.3) is 11.0 Å². The second-order valence-electron chi connectivity index (χ2n) is 6.96.